The molecule has 4 heteroatoms. The van der Waals surface area contributed by atoms with E-state index in [1.54, 1.807) is 7.11 Å². The third-order valence-electron chi connectivity index (χ3n) is 2.26. The fraction of sp³-hybridized carbons (Fsp3) is 0.444. The molecule has 0 saturated carbocycles. The number of pyridine rings is 1. The molecule has 1 aliphatic heterocycles. The van der Waals surface area contributed by atoms with Crippen molar-refractivity contribution < 1.29 is 4.74 Å². The van der Waals surface area contributed by atoms with E-state index in [1.165, 1.54) is 0 Å². The molecule has 2 rings (SSSR count). The monoisotopic (exact) mass is 242 g/mol. The van der Waals surface area contributed by atoms with Crippen LogP contribution in [0.3, 0.4) is 0 Å². The van der Waals surface area contributed by atoms with Gasteiger partial charge in [-0.15, -0.1) is 0 Å². The SMILES string of the molecule is COC1CN(c2ccc(Br)nc2)C1. The van der Waals surface area contributed by atoms with Crippen LogP contribution in [0.4, 0.5) is 5.69 Å². The number of anilines is 1. The number of aromatic nitrogens is 1. The maximum absolute atomic E-state index is 5.19. The molecule has 1 aliphatic rings. The Kier molecular flexibility index (Phi) is 2.51. The molecule has 3 nitrogen and oxygen atoms in total. The summed E-state index contributed by atoms with van der Waals surface area (Å²) in [6.45, 7) is 1.94. The molecule has 1 fully saturated rings. The van der Waals surface area contributed by atoms with Crippen LogP contribution < -0.4 is 4.90 Å². The van der Waals surface area contributed by atoms with Crippen LogP contribution >= 0.6 is 15.9 Å². The Labute approximate surface area is 85.8 Å². The highest BCUT2D eigenvalue weighted by atomic mass is 79.9. The molecule has 13 heavy (non-hydrogen) atoms. The summed E-state index contributed by atoms with van der Waals surface area (Å²) >= 11 is 3.31. The molecule has 1 aromatic heterocycles. The molecule has 1 aromatic rings. The lowest BCUT2D eigenvalue weighted by Gasteiger charge is -2.39. The summed E-state index contributed by atoms with van der Waals surface area (Å²) in [5.74, 6) is 0. The van der Waals surface area contributed by atoms with Crippen LogP contribution in [0.1, 0.15) is 0 Å². The van der Waals surface area contributed by atoms with Gasteiger partial charge in [-0.2, -0.15) is 0 Å². The van der Waals surface area contributed by atoms with Gasteiger partial charge in [0.05, 0.1) is 18.0 Å². The van der Waals surface area contributed by atoms with Crippen molar-refractivity contribution >= 4 is 21.6 Å². The Balaban J connectivity index is 1.99. The number of methoxy groups -OCH3 is 1. The maximum Gasteiger partial charge on any atom is 0.106 e. The zero-order valence-corrected chi connectivity index (χ0v) is 8.99. The Bertz CT molecular complexity index is 282. The smallest absolute Gasteiger partial charge is 0.106 e. The zero-order valence-electron chi connectivity index (χ0n) is 7.40. The van der Waals surface area contributed by atoms with Crippen molar-refractivity contribution in [1.29, 1.82) is 0 Å². The molecule has 0 aliphatic carbocycles. The quantitative estimate of drug-likeness (QED) is 0.739. The molecule has 0 amide bonds. The van der Waals surface area contributed by atoms with Crippen molar-refractivity contribution in [1.82, 2.24) is 4.98 Å². The maximum atomic E-state index is 5.19. The van der Waals surface area contributed by atoms with Gasteiger partial charge in [0.1, 0.15) is 4.60 Å². The van der Waals surface area contributed by atoms with Crippen LogP contribution in [-0.4, -0.2) is 31.3 Å². The summed E-state index contributed by atoms with van der Waals surface area (Å²) in [6.07, 6.45) is 2.26. The average Bonchev–Trinajstić information content (AvgIpc) is 2.06. The molecular weight excluding hydrogens is 232 g/mol. The lowest BCUT2D eigenvalue weighted by molar-refractivity contribution is 0.0787. The summed E-state index contributed by atoms with van der Waals surface area (Å²) in [5.41, 5.74) is 1.16. The van der Waals surface area contributed by atoms with Crippen LogP contribution in [0.2, 0.25) is 0 Å². The molecule has 0 radical (unpaired) electrons. The molecule has 0 N–H and O–H groups in total. The van der Waals surface area contributed by atoms with Crippen LogP contribution in [0.5, 0.6) is 0 Å². The van der Waals surface area contributed by atoms with E-state index in [2.05, 4.69) is 31.9 Å². The molecule has 1 saturated heterocycles. The Morgan fingerprint density at radius 2 is 2.31 bits per heavy atom. The van der Waals surface area contributed by atoms with Crippen molar-refractivity contribution in [2.24, 2.45) is 0 Å². The molecule has 70 valence electrons. The van der Waals surface area contributed by atoms with Gasteiger partial charge in [0.2, 0.25) is 0 Å². The number of ether oxygens (including phenoxy) is 1. The van der Waals surface area contributed by atoms with E-state index in [1.807, 2.05) is 12.3 Å². The van der Waals surface area contributed by atoms with Gasteiger partial charge in [-0.3, -0.25) is 0 Å². The van der Waals surface area contributed by atoms with Gasteiger partial charge in [0, 0.05) is 20.2 Å². The topological polar surface area (TPSA) is 25.4 Å². The first kappa shape index (κ1) is 8.97. The summed E-state index contributed by atoms with van der Waals surface area (Å²) in [6, 6.07) is 4.01. The van der Waals surface area contributed by atoms with E-state index in [0.717, 1.165) is 23.4 Å². The fourth-order valence-electron chi connectivity index (χ4n) is 1.35. The van der Waals surface area contributed by atoms with E-state index >= 15 is 0 Å². The first-order valence-corrected chi connectivity index (χ1v) is 4.98. The largest absolute Gasteiger partial charge is 0.378 e. The first-order chi connectivity index (χ1) is 6.29. The van der Waals surface area contributed by atoms with Crippen LogP contribution in [0, 0.1) is 0 Å². The number of rotatable bonds is 2. The van der Waals surface area contributed by atoms with Crippen molar-refractivity contribution in [2.45, 2.75) is 6.10 Å². The summed E-state index contributed by atoms with van der Waals surface area (Å²) in [7, 11) is 1.75. The minimum absolute atomic E-state index is 0.392. The van der Waals surface area contributed by atoms with E-state index < -0.39 is 0 Å². The second kappa shape index (κ2) is 3.64. The average molecular weight is 243 g/mol. The van der Waals surface area contributed by atoms with Gasteiger partial charge < -0.3 is 9.64 Å². The molecule has 0 atom stereocenters. The summed E-state index contributed by atoms with van der Waals surface area (Å²) in [5, 5.41) is 0. The Morgan fingerprint density at radius 1 is 1.54 bits per heavy atom. The van der Waals surface area contributed by atoms with Crippen LogP contribution in [0.25, 0.3) is 0 Å². The van der Waals surface area contributed by atoms with Gasteiger partial charge in [-0.05, 0) is 28.1 Å². The van der Waals surface area contributed by atoms with E-state index in [9.17, 15) is 0 Å². The van der Waals surface area contributed by atoms with E-state index in [0.29, 0.717) is 6.10 Å². The lowest BCUT2D eigenvalue weighted by atomic mass is 10.1. The third-order valence-corrected chi connectivity index (χ3v) is 2.73. The third kappa shape index (κ3) is 1.84. The second-order valence-corrected chi connectivity index (χ2v) is 3.91. The van der Waals surface area contributed by atoms with Gasteiger partial charge >= 0.3 is 0 Å². The van der Waals surface area contributed by atoms with E-state index in [-0.39, 0.29) is 0 Å². The lowest BCUT2D eigenvalue weighted by Crippen LogP contribution is -2.51. The Hall–Kier alpha value is -0.610. The molecule has 0 spiro atoms. The molecule has 0 aromatic carbocycles. The van der Waals surface area contributed by atoms with Gasteiger partial charge in [-0.25, -0.2) is 4.98 Å². The molecule has 0 bridgehead atoms. The fourth-order valence-corrected chi connectivity index (χ4v) is 1.59. The predicted octanol–water partition coefficient (Wildman–Crippen LogP) is 1.68. The first-order valence-electron chi connectivity index (χ1n) is 4.19. The highest BCUT2D eigenvalue weighted by Crippen LogP contribution is 2.22. The normalized spacial score (nSPS) is 17.2. The second-order valence-electron chi connectivity index (χ2n) is 3.10. The Morgan fingerprint density at radius 3 is 2.85 bits per heavy atom. The van der Waals surface area contributed by atoms with Gasteiger partial charge in [-0.1, -0.05) is 0 Å². The minimum Gasteiger partial charge on any atom is -0.378 e. The highest BCUT2D eigenvalue weighted by Gasteiger charge is 2.26. The van der Waals surface area contributed by atoms with Crippen LogP contribution in [0.15, 0.2) is 22.9 Å². The van der Waals surface area contributed by atoms with Crippen molar-refractivity contribution in [3.63, 3.8) is 0 Å². The number of hydrogen-bond donors (Lipinski definition) is 0. The standard InChI is InChI=1S/C9H11BrN2O/c1-13-8-5-12(6-8)7-2-3-9(10)11-4-7/h2-4,8H,5-6H2,1H3. The molecule has 2 heterocycles. The van der Waals surface area contributed by atoms with Gasteiger partial charge in [0.15, 0.2) is 0 Å². The number of nitrogens with zero attached hydrogens (tertiary/aromatic N) is 2. The van der Waals surface area contributed by atoms with Crippen molar-refractivity contribution in [3.8, 4) is 0 Å². The number of halogens is 1. The van der Waals surface area contributed by atoms with Gasteiger partial charge in [0.25, 0.3) is 0 Å². The zero-order chi connectivity index (χ0) is 9.26. The van der Waals surface area contributed by atoms with Crippen molar-refractivity contribution in [3.05, 3.63) is 22.9 Å². The van der Waals surface area contributed by atoms with Crippen molar-refractivity contribution in [2.75, 3.05) is 25.1 Å². The molecule has 0 unspecified atom stereocenters. The number of hydrogen-bond acceptors (Lipinski definition) is 3. The molecular formula is C9H11BrN2O. The van der Waals surface area contributed by atoms with Crippen LogP contribution in [-0.2, 0) is 4.74 Å². The predicted molar refractivity (Wildman–Crippen MR) is 54.9 cm³/mol. The summed E-state index contributed by atoms with van der Waals surface area (Å²) in [4.78, 5) is 6.41. The highest BCUT2D eigenvalue weighted by molar-refractivity contribution is 9.10. The summed E-state index contributed by atoms with van der Waals surface area (Å²) < 4.78 is 6.07. The van der Waals surface area contributed by atoms with E-state index in [4.69, 9.17) is 4.74 Å². The minimum atomic E-state index is 0.392.